The Kier molecular flexibility index (Phi) is 11.7. The highest BCUT2D eigenvalue weighted by molar-refractivity contribution is 7.92. The van der Waals surface area contributed by atoms with Crippen molar-refractivity contribution in [2.75, 3.05) is 17.4 Å². The topological polar surface area (TPSA) is 96.0 Å². The molecule has 0 spiro atoms. The normalized spacial score (nSPS) is 14.1. The lowest BCUT2D eigenvalue weighted by atomic mass is 9.95. The van der Waals surface area contributed by atoms with Crippen molar-refractivity contribution in [3.8, 4) is 11.5 Å². The number of para-hydroxylation sites is 1. The van der Waals surface area contributed by atoms with Crippen LogP contribution in [0.2, 0.25) is 0 Å². The molecule has 4 aromatic carbocycles. The van der Waals surface area contributed by atoms with Gasteiger partial charge in [-0.1, -0.05) is 92.9 Å². The van der Waals surface area contributed by atoms with E-state index in [4.69, 9.17) is 4.74 Å². The summed E-state index contributed by atoms with van der Waals surface area (Å²) < 4.78 is 35.3. The molecule has 1 fully saturated rings. The zero-order valence-corrected chi connectivity index (χ0v) is 27.6. The maximum atomic E-state index is 14.3. The minimum atomic E-state index is -4.15. The first kappa shape index (κ1) is 33.7. The molecule has 9 heteroatoms. The van der Waals surface area contributed by atoms with Gasteiger partial charge in [-0.05, 0) is 79.8 Å². The molecule has 0 unspecified atom stereocenters. The molecule has 0 heterocycles. The van der Waals surface area contributed by atoms with Gasteiger partial charge >= 0.3 is 0 Å². The highest BCUT2D eigenvalue weighted by atomic mass is 32.2. The van der Waals surface area contributed by atoms with Crippen LogP contribution in [-0.2, 0) is 26.0 Å². The summed E-state index contributed by atoms with van der Waals surface area (Å²) in [6, 6.07) is 33.1. The van der Waals surface area contributed by atoms with E-state index in [1.165, 1.54) is 12.1 Å². The molecule has 1 atom stereocenters. The van der Waals surface area contributed by atoms with E-state index < -0.39 is 28.5 Å². The number of hydrogen-bond acceptors (Lipinski definition) is 5. The Hall–Kier alpha value is -4.63. The molecular formula is C38H43N3O5S. The van der Waals surface area contributed by atoms with Crippen LogP contribution >= 0.6 is 0 Å². The molecule has 0 saturated heterocycles. The number of nitrogens with one attached hydrogen (secondary N) is 1. The predicted octanol–water partition coefficient (Wildman–Crippen LogP) is 6.97. The quantitative estimate of drug-likeness (QED) is 0.159. The molecule has 1 aliphatic carbocycles. The summed E-state index contributed by atoms with van der Waals surface area (Å²) in [5.74, 6) is 0.532. The molecule has 5 rings (SSSR count). The van der Waals surface area contributed by atoms with Crippen molar-refractivity contribution in [2.24, 2.45) is 0 Å². The van der Waals surface area contributed by atoms with Crippen molar-refractivity contribution in [2.45, 2.75) is 68.8 Å². The second-order valence-electron chi connectivity index (χ2n) is 11.8. The van der Waals surface area contributed by atoms with Crippen molar-refractivity contribution >= 4 is 27.5 Å². The standard InChI is InChI=1S/C38H43N3O5S/c1-2-36(38(43)39-31-17-9-4-10-18-31)40(28-27-30-15-7-3-8-16-30)37(42)29-41(47(44,45)35-21-13-6-14-22-35)32-23-25-34(26-24-32)46-33-19-11-5-12-20-33/h3,5-8,11-16,19-26,31,36H,2,4,9-10,17-18,27-29H2,1H3,(H,39,43)/t36-/m1/s1. The van der Waals surface area contributed by atoms with Gasteiger partial charge in [0.1, 0.15) is 24.1 Å². The third kappa shape index (κ3) is 9.01. The Morgan fingerprint density at radius 2 is 1.36 bits per heavy atom. The molecule has 4 aromatic rings. The van der Waals surface area contributed by atoms with Crippen molar-refractivity contribution in [1.29, 1.82) is 0 Å². The van der Waals surface area contributed by atoms with Crippen LogP contribution in [0.25, 0.3) is 0 Å². The van der Waals surface area contributed by atoms with E-state index in [0.29, 0.717) is 30.0 Å². The van der Waals surface area contributed by atoms with Crippen LogP contribution in [0.4, 0.5) is 5.69 Å². The molecule has 0 aliphatic heterocycles. The van der Waals surface area contributed by atoms with Gasteiger partial charge in [0.25, 0.3) is 10.0 Å². The van der Waals surface area contributed by atoms with Crippen LogP contribution in [0.15, 0.2) is 120 Å². The van der Waals surface area contributed by atoms with Crippen molar-refractivity contribution in [3.05, 3.63) is 121 Å². The number of sulfonamides is 1. The largest absolute Gasteiger partial charge is 0.457 e. The number of benzene rings is 4. The van der Waals surface area contributed by atoms with Gasteiger partial charge < -0.3 is 15.0 Å². The van der Waals surface area contributed by atoms with Gasteiger partial charge in [-0.25, -0.2) is 8.42 Å². The summed E-state index contributed by atoms with van der Waals surface area (Å²) in [4.78, 5) is 29.7. The Morgan fingerprint density at radius 3 is 1.98 bits per heavy atom. The molecule has 0 bridgehead atoms. The maximum absolute atomic E-state index is 14.3. The minimum Gasteiger partial charge on any atom is -0.457 e. The molecule has 1 saturated carbocycles. The summed E-state index contributed by atoms with van der Waals surface area (Å²) in [6.45, 7) is 1.68. The number of nitrogens with zero attached hydrogens (tertiary/aromatic N) is 2. The van der Waals surface area contributed by atoms with Gasteiger partial charge in [-0.15, -0.1) is 0 Å². The van der Waals surface area contributed by atoms with E-state index in [9.17, 15) is 18.0 Å². The van der Waals surface area contributed by atoms with E-state index in [1.54, 1.807) is 47.4 Å². The minimum absolute atomic E-state index is 0.0651. The average Bonchev–Trinajstić information content (AvgIpc) is 3.11. The van der Waals surface area contributed by atoms with E-state index in [0.717, 1.165) is 42.0 Å². The van der Waals surface area contributed by atoms with Gasteiger partial charge in [0.15, 0.2) is 0 Å². The Balaban J connectivity index is 1.44. The van der Waals surface area contributed by atoms with Crippen molar-refractivity contribution in [1.82, 2.24) is 10.2 Å². The number of hydrogen-bond donors (Lipinski definition) is 1. The summed E-state index contributed by atoms with van der Waals surface area (Å²) in [6.07, 6.45) is 6.07. The SMILES string of the molecule is CC[C@H](C(=O)NC1CCCCC1)N(CCc1ccccc1)C(=O)CN(c1ccc(Oc2ccccc2)cc1)S(=O)(=O)c1ccccc1. The van der Waals surface area contributed by atoms with Crippen LogP contribution in [0.1, 0.15) is 51.0 Å². The lowest BCUT2D eigenvalue weighted by molar-refractivity contribution is -0.140. The summed E-state index contributed by atoms with van der Waals surface area (Å²) in [7, 11) is -4.15. The zero-order valence-electron chi connectivity index (χ0n) is 26.8. The molecule has 8 nitrogen and oxygen atoms in total. The fourth-order valence-electron chi connectivity index (χ4n) is 5.99. The first-order chi connectivity index (χ1) is 22.8. The second-order valence-corrected chi connectivity index (χ2v) is 13.7. The smallest absolute Gasteiger partial charge is 0.264 e. The van der Waals surface area contributed by atoms with Crippen molar-refractivity contribution < 1.29 is 22.7 Å². The monoisotopic (exact) mass is 653 g/mol. The summed E-state index contributed by atoms with van der Waals surface area (Å²) >= 11 is 0. The van der Waals surface area contributed by atoms with Crippen LogP contribution in [-0.4, -0.2) is 50.3 Å². The number of carbonyl (C=O) groups excluding carboxylic acids is 2. The third-order valence-electron chi connectivity index (χ3n) is 8.54. The summed E-state index contributed by atoms with van der Waals surface area (Å²) in [5, 5.41) is 3.19. The number of ether oxygens (including phenoxy) is 1. The fraction of sp³-hybridized carbons (Fsp3) is 0.316. The zero-order chi connectivity index (χ0) is 33.1. The first-order valence-electron chi connectivity index (χ1n) is 16.4. The molecule has 2 amide bonds. The third-order valence-corrected chi connectivity index (χ3v) is 10.3. The van der Waals surface area contributed by atoms with Gasteiger partial charge in [-0.2, -0.15) is 0 Å². The predicted molar refractivity (Wildman–Crippen MR) is 185 cm³/mol. The van der Waals surface area contributed by atoms with E-state index in [-0.39, 0.29) is 23.4 Å². The van der Waals surface area contributed by atoms with Crippen LogP contribution in [0.5, 0.6) is 11.5 Å². The molecule has 246 valence electrons. The maximum Gasteiger partial charge on any atom is 0.264 e. The number of amides is 2. The molecule has 47 heavy (non-hydrogen) atoms. The molecule has 0 radical (unpaired) electrons. The van der Waals surface area contributed by atoms with E-state index >= 15 is 0 Å². The van der Waals surface area contributed by atoms with E-state index in [1.807, 2.05) is 67.6 Å². The van der Waals surface area contributed by atoms with Crippen LogP contribution in [0.3, 0.4) is 0 Å². The lowest BCUT2D eigenvalue weighted by Gasteiger charge is -2.34. The van der Waals surface area contributed by atoms with Gasteiger partial charge in [-0.3, -0.25) is 13.9 Å². The number of rotatable bonds is 14. The van der Waals surface area contributed by atoms with Gasteiger partial charge in [0, 0.05) is 12.6 Å². The highest BCUT2D eigenvalue weighted by Crippen LogP contribution is 2.28. The Labute approximate surface area is 278 Å². The summed E-state index contributed by atoms with van der Waals surface area (Å²) in [5.41, 5.74) is 1.33. The highest BCUT2D eigenvalue weighted by Gasteiger charge is 2.34. The van der Waals surface area contributed by atoms with Crippen LogP contribution < -0.4 is 14.4 Å². The van der Waals surface area contributed by atoms with Crippen molar-refractivity contribution in [3.63, 3.8) is 0 Å². The van der Waals surface area contributed by atoms with Crippen LogP contribution in [0, 0.1) is 0 Å². The van der Waals surface area contributed by atoms with E-state index in [2.05, 4.69) is 5.32 Å². The Bertz CT molecular complexity index is 1680. The Morgan fingerprint density at radius 1 is 0.787 bits per heavy atom. The average molecular weight is 654 g/mol. The van der Waals surface area contributed by atoms with Gasteiger partial charge in [0.2, 0.25) is 11.8 Å². The molecule has 0 aromatic heterocycles. The fourth-order valence-corrected chi connectivity index (χ4v) is 7.43. The first-order valence-corrected chi connectivity index (χ1v) is 17.8. The number of anilines is 1. The van der Waals surface area contributed by atoms with Gasteiger partial charge in [0.05, 0.1) is 10.6 Å². The molecule has 1 aliphatic rings. The molecule has 1 N–H and O–H groups in total. The second kappa shape index (κ2) is 16.3. The lowest BCUT2D eigenvalue weighted by Crippen LogP contribution is -2.54. The molecular weight excluding hydrogens is 611 g/mol. The number of carbonyl (C=O) groups is 2.